The summed E-state index contributed by atoms with van der Waals surface area (Å²) in [4.78, 5) is 27.7. The number of hydrogen-bond acceptors (Lipinski definition) is 3. The number of nitrogens with zero attached hydrogens (tertiary/aromatic N) is 1. The molecule has 0 unspecified atom stereocenters. The smallest absolute Gasteiger partial charge is 0.261 e. The summed E-state index contributed by atoms with van der Waals surface area (Å²) >= 11 is 3.60. The third kappa shape index (κ3) is 5.49. The van der Waals surface area contributed by atoms with E-state index < -0.39 is 6.04 Å². The second kappa shape index (κ2) is 11.1. The number of fused-ring (bicyclic) bond motifs is 1. The first-order valence-electron chi connectivity index (χ1n) is 10.9. The van der Waals surface area contributed by atoms with Gasteiger partial charge in [-0.15, -0.1) is 0 Å². The highest BCUT2D eigenvalue weighted by Gasteiger charge is 2.29. The molecule has 6 heteroatoms. The van der Waals surface area contributed by atoms with E-state index in [-0.39, 0.29) is 18.4 Å². The minimum Gasteiger partial charge on any atom is -0.483 e. The lowest BCUT2D eigenvalue weighted by Crippen LogP contribution is -2.50. The van der Waals surface area contributed by atoms with Crippen LogP contribution >= 0.6 is 15.9 Å². The van der Waals surface area contributed by atoms with E-state index in [4.69, 9.17) is 4.74 Å². The van der Waals surface area contributed by atoms with Gasteiger partial charge in [-0.2, -0.15) is 0 Å². The number of rotatable bonds is 9. The van der Waals surface area contributed by atoms with E-state index in [1.54, 1.807) is 4.90 Å². The van der Waals surface area contributed by atoms with E-state index in [1.165, 1.54) is 0 Å². The second-order valence-corrected chi connectivity index (χ2v) is 8.45. The van der Waals surface area contributed by atoms with Gasteiger partial charge in [0, 0.05) is 13.1 Å². The van der Waals surface area contributed by atoms with Crippen LogP contribution in [0.25, 0.3) is 10.8 Å². The minimum absolute atomic E-state index is 0.149. The van der Waals surface area contributed by atoms with Gasteiger partial charge in [0.15, 0.2) is 6.61 Å². The lowest BCUT2D eigenvalue weighted by molar-refractivity contribution is -0.142. The van der Waals surface area contributed by atoms with E-state index in [0.29, 0.717) is 25.3 Å². The van der Waals surface area contributed by atoms with Gasteiger partial charge in [-0.3, -0.25) is 9.59 Å². The number of ether oxygens (including phenoxy) is 1. The number of nitrogens with one attached hydrogen (secondary N) is 1. The van der Waals surface area contributed by atoms with Crippen LogP contribution in [0.1, 0.15) is 31.4 Å². The van der Waals surface area contributed by atoms with Crippen molar-refractivity contribution >= 4 is 38.5 Å². The maximum absolute atomic E-state index is 13.3. The quantitative estimate of drug-likeness (QED) is 0.440. The van der Waals surface area contributed by atoms with Crippen molar-refractivity contribution in [1.29, 1.82) is 0 Å². The van der Waals surface area contributed by atoms with Crippen LogP contribution in [0.4, 0.5) is 0 Å². The average Bonchev–Trinajstić information content (AvgIpc) is 2.80. The van der Waals surface area contributed by atoms with E-state index >= 15 is 0 Å². The summed E-state index contributed by atoms with van der Waals surface area (Å²) in [6.07, 6.45) is 0.517. The number of carbonyl (C=O) groups excluding carboxylic acids is 2. The number of halogens is 1. The van der Waals surface area contributed by atoms with Crippen LogP contribution in [0.15, 0.2) is 65.1 Å². The highest BCUT2D eigenvalue weighted by Crippen LogP contribution is 2.33. The molecule has 0 fully saturated rings. The Bertz CT molecular complexity index is 1100. The number of amides is 2. The first-order valence-corrected chi connectivity index (χ1v) is 11.7. The van der Waals surface area contributed by atoms with Gasteiger partial charge in [0.25, 0.3) is 5.91 Å². The van der Waals surface area contributed by atoms with Crippen LogP contribution in [-0.4, -0.2) is 35.9 Å². The molecule has 0 bridgehead atoms. The van der Waals surface area contributed by atoms with E-state index in [2.05, 4.69) is 21.2 Å². The second-order valence-electron chi connectivity index (χ2n) is 7.65. The average molecular weight is 497 g/mol. The fraction of sp³-hybridized carbons (Fsp3) is 0.308. The number of benzene rings is 3. The molecule has 0 aliphatic heterocycles. The van der Waals surface area contributed by atoms with Crippen molar-refractivity contribution in [2.24, 2.45) is 0 Å². The monoisotopic (exact) mass is 496 g/mol. The van der Waals surface area contributed by atoms with Gasteiger partial charge in [-0.25, -0.2) is 0 Å². The summed E-state index contributed by atoms with van der Waals surface area (Å²) < 4.78 is 6.73. The van der Waals surface area contributed by atoms with Gasteiger partial charge in [-0.05, 0) is 64.2 Å². The molecule has 168 valence electrons. The molecule has 3 aromatic carbocycles. The zero-order chi connectivity index (χ0) is 23.1. The Morgan fingerprint density at radius 2 is 1.75 bits per heavy atom. The molecule has 0 saturated carbocycles. The summed E-state index contributed by atoms with van der Waals surface area (Å²) in [6.45, 7) is 6.51. The fourth-order valence-electron chi connectivity index (χ4n) is 3.73. The van der Waals surface area contributed by atoms with Gasteiger partial charge in [0.05, 0.1) is 4.47 Å². The lowest BCUT2D eigenvalue weighted by atomic mass is 10.1. The molecule has 0 aromatic heterocycles. The Kier molecular flexibility index (Phi) is 8.28. The summed E-state index contributed by atoms with van der Waals surface area (Å²) in [5.74, 6) is 0.217. The van der Waals surface area contributed by atoms with Crippen LogP contribution in [0.3, 0.4) is 0 Å². The number of aryl methyl sites for hydroxylation is 1. The fourth-order valence-corrected chi connectivity index (χ4v) is 4.34. The largest absolute Gasteiger partial charge is 0.483 e. The molecule has 1 atom stereocenters. The van der Waals surface area contributed by atoms with E-state index in [9.17, 15) is 9.59 Å². The Hall–Kier alpha value is -2.86. The van der Waals surface area contributed by atoms with Gasteiger partial charge in [0.2, 0.25) is 5.91 Å². The Morgan fingerprint density at radius 3 is 2.47 bits per heavy atom. The predicted molar refractivity (Wildman–Crippen MR) is 132 cm³/mol. The van der Waals surface area contributed by atoms with Crippen LogP contribution in [0.5, 0.6) is 5.75 Å². The number of hydrogen-bond donors (Lipinski definition) is 1. The Morgan fingerprint density at radius 1 is 1.03 bits per heavy atom. The lowest BCUT2D eigenvalue weighted by Gasteiger charge is -2.31. The zero-order valence-corrected chi connectivity index (χ0v) is 20.3. The first kappa shape index (κ1) is 23.8. The molecule has 0 aliphatic carbocycles. The molecule has 3 aromatic rings. The topological polar surface area (TPSA) is 58.6 Å². The van der Waals surface area contributed by atoms with E-state index in [1.807, 2.05) is 81.4 Å². The van der Waals surface area contributed by atoms with Crippen molar-refractivity contribution in [3.63, 3.8) is 0 Å². The normalized spacial score (nSPS) is 11.8. The maximum atomic E-state index is 13.3. The molecule has 0 saturated heterocycles. The summed E-state index contributed by atoms with van der Waals surface area (Å²) in [5.41, 5.74) is 2.09. The molecule has 32 heavy (non-hydrogen) atoms. The van der Waals surface area contributed by atoms with Gasteiger partial charge in [0.1, 0.15) is 11.8 Å². The Labute approximate surface area is 197 Å². The Balaban J connectivity index is 1.83. The van der Waals surface area contributed by atoms with Crippen LogP contribution < -0.4 is 10.1 Å². The molecule has 1 N–H and O–H groups in total. The molecule has 3 rings (SSSR count). The molecular weight excluding hydrogens is 468 g/mol. The summed E-state index contributed by atoms with van der Waals surface area (Å²) in [6, 6.07) is 19.1. The summed E-state index contributed by atoms with van der Waals surface area (Å²) in [7, 11) is 0. The molecule has 0 spiro atoms. The first-order chi connectivity index (χ1) is 15.5. The van der Waals surface area contributed by atoms with Crippen molar-refractivity contribution in [2.75, 3.05) is 13.2 Å². The molecular formula is C26H29BrN2O3. The van der Waals surface area contributed by atoms with Crippen molar-refractivity contribution in [2.45, 2.75) is 39.8 Å². The van der Waals surface area contributed by atoms with Crippen molar-refractivity contribution < 1.29 is 14.3 Å². The summed E-state index contributed by atoms with van der Waals surface area (Å²) in [5, 5.41) is 4.96. The highest BCUT2D eigenvalue weighted by molar-refractivity contribution is 9.10. The highest BCUT2D eigenvalue weighted by atomic mass is 79.9. The third-order valence-corrected chi connectivity index (χ3v) is 6.34. The van der Waals surface area contributed by atoms with Crippen molar-refractivity contribution in [3.05, 3.63) is 76.3 Å². The molecule has 0 radical (unpaired) electrons. The number of carbonyl (C=O) groups is 2. The van der Waals surface area contributed by atoms with Crippen LogP contribution in [0, 0.1) is 6.92 Å². The SMILES string of the molecule is CCNC(=O)[C@H](CC)N(Cc1ccccc1C)C(=O)COc1ccc2ccccc2c1Br. The predicted octanol–water partition coefficient (Wildman–Crippen LogP) is 5.23. The molecule has 2 amide bonds. The van der Waals surface area contributed by atoms with Crippen LogP contribution in [-0.2, 0) is 16.1 Å². The number of likely N-dealkylation sites (N-methyl/N-ethyl adjacent to an activating group) is 1. The minimum atomic E-state index is -0.564. The van der Waals surface area contributed by atoms with Gasteiger partial charge >= 0.3 is 0 Å². The van der Waals surface area contributed by atoms with Gasteiger partial charge in [-0.1, -0.05) is 61.5 Å². The third-order valence-electron chi connectivity index (χ3n) is 5.52. The van der Waals surface area contributed by atoms with Crippen molar-refractivity contribution in [3.8, 4) is 5.75 Å². The van der Waals surface area contributed by atoms with Crippen molar-refractivity contribution in [1.82, 2.24) is 10.2 Å². The zero-order valence-electron chi connectivity index (χ0n) is 18.7. The maximum Gasteiger partial charge on any atom is 0.261 e. The molecule has 0 heterocycles. The standard InChI is InChI=1S/C26H29BrN2O3/c1-4-22(26(31)28-5-2)29(16-20-12-7-6-10-18(20)3)24(30)17-32-23-15-14-19-11-8-9-13-21(19)25(23)27/h6-15,22H,4-5,16-17H2,1-3H3,(H,28,31)/t22-/m0/s1. The van der Waals surface area contributed by atoms with Gasteiger partial charge < -0.3 is 15.0 Å². The van der Waals surface area contributed by atoms with E-state index in [0.717, 1.165) is 26.4 Å². The molecule has 5 nitrogen and oxygen atoms in total. The molecule has 0 aliphatic rings. The van der Waals surface area contributed by atoms with Crippen LogP contribution in [0.2, 0.25) is 0 Å².